The van der Waals surface area contributed by atoms with Gasteiger partial charge in [-0.2, -0.15) is 0 Å². The number of methoxy groups -OCH3 is 1. The quantitative estimate of drug-likeness (QED) is 0.406. The van der Waals surface area contributed by atoms with Crippen molar-refractivity contribution in [3.63, 3.8) is 0 Å². The molecule has 31 heavy (non-hydrogen) atoms. The highest BCUT2D eigenvalue weighted by Crippen LogP contribution is 2.35. The van der Waals surface area contributed by atoms with E-state index >= 15 is 0 Å². The van der Waals surface area contributed by atoms with Gasteiger partial charge in [-0.1, -0.05) is 84.9 Å². The van der Waals surface area contributed by atoms with E-state index in [1.807, 2.05) is 12.1 Å². The molecule has 156 valence electrons. The average molecular weight is 408 g/mol. The Hall–Kier alpha value is -3.10. The summed E-state index contributed by atoms with van der Waals surface area (Å²) in [5.41, 5.74) is 5.63. The van der Waals surface area contributed by atoms with Gasteiger partial charge in [-0.25, -0.2) is 0 Å². The minimum Gasteiger partial charge on any atom is -0.496 e. The van der Waals surface area contributed by atoms with E-state index in [0.717, 1.165) is 31.6 Å². The third kappa shape index (κ3) is 4.22. The number of para-hydroxylation sites is 1. The molecule has 4 aromatic carbocycles. The third-order valence-electron chi connectivity index (χ3n) is 6.68. The van der Waals surface area contributed by atoms with Gasteiger partial charge in [0.1, 0.15) is 5.75 Å². The monoisotopic (exact) mass is 407 g/mol. The molecule has 0 amide bonds. The van der Waals surface area contributed by atoms with Crippen molar-refractivity contribution >= 4 is 10.8 Å². The van der Waals surface area contributed by atoms with Gasteiger partial charge in [0.05, 0.1) is 7.11 Å². The van der Waals surface area contributed by atoms with Gasteiger partial charge < -0.3 is 10.1 Å². The number of hydrogen-bond acceptors (Lipinski definition) is 2. The van der Waals surface area contributed by atoms with Crippen LogP contribution in [0.4, 0.5) is 0 Å². The zero-order valence-electron chi connectivity index (χ0n) is 18.1. The summed E-state index contributed by atoms with van der Waals surface area (Å²) in [5.74, 6) is 1.41. The fraction of sp³-hybridized carbons (Fsp3) is 0.241. The molecule has 4 aromatic rings. The van der Waals surface area contributed by atoms with Crippen molar-refractivity contribution in [2.45, 2.75) is 37.8 Å². The Kier molecular flexibility index (Phi) is 5.73. The fourth-order valence-corrected chi connectivity index (χ4v) is 5.06. The molecule has 0 saturated carbocycles. The summed E-state index contributed by atoms with van der Waals surface area (Å²) in [6.45, 7) is 0.824. The van der Waals surface area contributed by atoms with Gasteiger partial charge >= 0.3 is 0 Å². The van der Waals surface area contributed by atoms with E-state index in [2.05, 4.69) is 84.2 Å². The van der Waals surface area contributed by atoms with Crippen molar-refractivity contribution in [2.24, 2.45) is 0 Å². The number of ether oxygens (including phenoxy) is 1. The Morgan fingerprint density at radius 1 is 0.839 bits per heavy atom. The molecule has 0 radical (unpaired) electrons. The second kappa shape index (κ2) is 8.95. The zero-order chi connectivity index (χ0) is 21.0. The Morgan fingerprint density at radius 2 is 1.61 bits per heavy atom. The van der Waals surface area contributed by atoms with Crippen molar-refractivity contribution in [2.75, 3.05) is 7.11 Å². The summed E-state index contributed by atoms with van der Waals surface area (Å²) >= 11 is 0. The molecule has 5 rings (SSSR count). The number of rotatable bonds is 6. The molecule has 2 heteroatoms. The number of hydrogen-bond donors (Lipinski definition) is 1. The zero-order valence-corrected chi connectivity index (χ0v) is 18.1. The summed E-state index contributed by atoms with van der Waals surface area (Å²) in [6.07, 6.45) is 3.34. The van der Waals surface area contributed by atoms with Crippen LogP contribution in [-0.2, 0) is 19.4 Å². The number of fused-ring (bicyclic) bond motifs is 2. The van der Waals surface area contributed by atoms with Crippen LogP contribution < -0.4 is 10.1 Å². The van der Waals surface area contributed by atoms with Crippen molar-refractivity contribution in [1.82, 2.24) is 5.32 Å². The predicted octanol–water partition coefficient (Wildman–Crippen LogP) is 6.28. The molecule has 1 aliphatic carbocycles. The highest BCUT2D eigenvalue weighted by atomic mass is 16.5. The molecular formula is C29H29NO. The van der Waals surface area contributed by atoms with Gasteiger partial charge in [0, 0.05) is 24.1 Å². The average Bonchev–Trinajstić information content (AvgIpc) is 2.83. The molecular weight excluding hydrogens is 378 g/mol. The molecule has 0 aromatic heterocycles. The lowest BCUT2D eigenvalue weighted by Crippen LogP contribution is -2.39. The minimum atomic E-state index is 0.436. The molecule has 2 atom stereocenters. The maximum atomic E-state index is 5.56. The second-order valence-electron chi connectivity index (χ2n) is 8.53. The Bertz CT molecular complexity index is 1180. The maximum Gasteiger partial charge on any atom is 0.123 e. The first kappa shape index (κ1) is 19.8. The van der Waals surface area contributed by atoms with E-state index in [0.29, 0.717) is 12.0 Å². The predicted molar refractivity (Wildman–Crippen MR) is 129 cm³/mol. The lowest BCUT2D eigenvalue weighted by molar-refractivity contribution is 0.373. The van der Waals surface area contributed by atoms with Crippen LogP contribution in [0.15, 0.2) is 91.0 Å². The Balaban J connectivity index is 1.42. The third-order valence-corrected chi connectivity index (χ3v) is 6.68. The fourth-order valence-electron chi connectivity index (χ4n) is 5.06. The first-order chi connectivity index (χ1) is 15.3. The number of benzene rings is 4. The molecule has 0 spiro atoms. The normalized spacial score (nSPS) is 18.0. The highest BCUT2D eigenvalue weighted by Gasteiger charge is 2.29. The first-order valence-corrected chi connectivity index (χ1v) is 11.2. The van der Waals surface area contributed by atoms with Gasteiger partial charge in [0.25, 0.3) is 0 Å². The van der Waals surface area contributed by atoms with Crippen LogP contribution in [0.3, 0.4) is 0 Å². The summed E-state index contributed by atoms with van der Waals surface area (Å²) < 4.78 is 5.56. The van der Waals surface area contributed by atoms with Crippen molar-refractivity contribution in [3.8, 4) is 5.75 Å². The highest BCUT2D eigenvalue weighted by molar-refractivity contribution is 5.83. The summed E-state index contributed by atoms with van der Waals surface area (Å²) in [5, 5.41) is 6.51. The van der Waals surface area contributed by atoms with Crippen LogP contribution in [0, 0.1) is 0 Å². The Labute approximate surface area is 184 Å². The van der Waals surface area contributed by atoms with Gasteiger partial charge in [-0.15, -0.1) is 0 Å². The van der Waals surface area contributed by atoms with Crippen molar-refractivity contribution < 1.29 is 4.74 Å². The van der Waals surface area contributed by atoms with Gasteiger partial charge in [-0.3, -0.25) is 0 Å². The van der Waals surface area contributed by atoms with Gasteiger partial charge in [0.15, 0.2) is 0 Å². The van der Waals surface area contributed by atoms with Gasteiger partial charge in [0.2, 0.25) is 0 Å². The largest absolute Gasteiger partial charge is 0.496 e. The standard InChI is InChI=1S/C29H29NO/c1-31-29-13-7-5-11-25(29)20-30-28-17-16-23-9-4-6-12-26(23)27(28)19-21-14-15-22-8-2-3-10-24(22)18-21/h2-15,18,27-28,30H,16-17,19-20H2,1H3. The summed E-state index contributed by atoms with van der Waals surface area (Å²) in [7, 11) is 1.75. The number of nitrogens with one attached hydrogen (secondary N) is 1. The lowest BCUT2D eigenvalue weighted by Gasteiger charge is -2.35. The second-order valence-corrected chi connectivity index (χ2v) is 8.53. The summed E-state index contributed by atoms with van der Waals surface area (Å²) in [4.78, 5) is 0. The SMILES string of the molecule is COc1ccccc1CNC1CCc2ccccc2C1Cc1ccc2ccccc2c1. The maximum absolute atomic E-state index is 5.56. The van der Waals surface area contributed by atoms with Crippen molar-refractivity contribution in [1.29, 1.82) is 0 Å². The van der Waals surface area contributed by atoms with E-state index in [-0.39, 0.29) is 0 Å². The molecule has 0 aliphatic heterocycles. The molecule has 0 fully saturated rings. The van der Waals surface area contributed by atoms with E-state index in [1.54, 1.807) is 7.11 Å². The van der Waals surface area contributed by atoms with Crippen LogP contribution in [-0.4, -0.2) is 13.2 Å². The number of aryl methyl sites for hydroxylation is 1. The molecule has 1 N–H and O–H groups in total. The van der Waals surface area contributed by atoms with Crippen LogP contribution in [0.5, 0.6) is 5.75 Å². The lowest BCUT2D eigenvalue weighted by atomic mass is 9.76. The molecule has 2 nitrogen and oxygen atoms in total. The van der Waals surface area contributed by atoms with E-state index in [4.69, 9.17) is 4.74 Å². The van der Waals surface area contributed by atoms with E-state index in [1.165, 1.54) is 33.0 Å². The smallest absolute Gasteiger partial charge is 0.123 e. The van der Waals surface area contributed by atoms with Crippen LogP contribution >= 0.6 is 0 Å². The minimum absolute atomic E-state index is 0.436. The summed E-state index contributed by atoms with van der Waals surface area (Å²) in [6, 6.07) is 33.3. The van der Waals surface area contributed by atoms with Gasteiger partial charge in [-0.05, 0) is 52.8 Å². The molecule has 0 heterocycles. The van der Waals surface area contributed by atoms with Crippen molar-refractivity contribution in [3.05, 3.63) is 113 Å². The molecule has 1 aliphatic rings. The van der Waals surface area contributed by atoms with Crippen LogP contribution in [0.2, 0.25) is 0 Å². The topological polar surface area (TPSA) is 21.3 Å². The molecule has 0 saturated heterocycles. The van der Waals surface area contributed by atoms with Crippen LogP contribution in [0.25, 0.3) is 10.8 Å². The van der Waals surface area contributed by atoms with E-state index in [9.17, 15) is 0 Å². The first-order valence-electron chi connectivity index (χ1n) is 11.2. The molecule has 2 unspecified atom stereocenters. The Morgan fingerprint density at radius 3 is 2.52 bits per heavy atom. The molecule has 0 bridgehead atoms. The van der Waals surface area contributed by atoms with Crippen LogP contribution in [0.1, 0.15) is 34.6 Å². The van der Waals surface area contributed by atoms with E-state index < -0.39 is 0 Å².